The average molecular weight is 333 g/mol. The van der Waals surface area contributed by atoms with Crippen LogP contribution in [0.3, 0.4) is 0 Å². The molecule has 2 heterocycles. The first kappa shape index (κ1) is 18.1. The number of anilines is 1. The Morgan fingerprint density at radius 3 is 2.54 bits per heavy atom. The van der Waals surface area contributed by atoms with Crippen molar-refractivity contribution < 1.29 is 14.3 Å². The summed E-state index contributed by atoms with van der Waals surface area (Å²) in [5.41, 5.74) is 1.42. The van der Waals surface area contributed by atoms with Gasteiger partial charge in [0.05, 0.1) is 5.69 Å². The molecule has 0 bridgehead atoms. The van der Waals surface area contributed by atoms with Crippen LogP contribution in [0.5, 0.6) is 5.88 Å². The molecule has 0 aliphatic carbocycles. The largest absolute Gasteiger partial charge is 0.472 e. The molecule has 0 N–H and O–H groups in total. The van der Waals surface area contributed by atoms with Gasteiger partial charge < -0.3 is 19.3 Å². The molecule has 1 fully saturated rings. The van der Waals surface area contributed by atoms with Crippen LogP contribution in [-0.2, 0) is 4.74 Å². The molecule has 0 unspecified atom stereocenters. The highest BCUT2D eigenvalue weighted by Crippen LogP contribution is 2.27. The van der Waals surface area contributed by atoms with E-state index in [1.54, 1.807) is 11.1 Å². The predicted octanol–water partition coefficient (Wildman–Crippen LogP) is 3.09. The third-order valence-electron chi connectivity index (χ3n) is 3.48. The minimum absolute atomic E-state index is 0.257. The van der Waals surface area contributed by atoms with Gasteiger partial charge in [0.2, 0.25) is 5.88 Å². The minimum atomic E-state index is -0.471. The van der Waals surface area contributed by atoms with E-state index in [1.165, 1.54) is 0 Å². The number of hydrogen-bond acceptors (Lipinski definition) is 5. The van der Waals surface area contributed by atoms with Crippen molar-refractivity contribution in [3.05, 3.63) is 30.5 Å². The van der Waals surface area contributed by atoms with Crippen LogP contribution in [0, 0.1) is 0 Å². The Kier molecular flexibility index (Phi) is 5.70. The molecule has 0 radical (unpaired) electrons. The van der Waals surface area contributed by atoms with Crippen molar-refractivity contribution in [2.24, 2.45) is 0 Å². The first-order chi connectivity index (χ1) is 11.3. The second-order valence-corrected chi connectivity index (χ2v) is 7.03. The highest BCUT2D eigenvalue weighted by Gasteiger charge is 2.27. The maximum Gasteiger partial charge on any atom is 0.410 e. The Bertz CT molecular complexity index is 587. The Morgan fingerprint density at radius 1 is 1.29 bits per heavy atom. The molecule has 0 aromatic carbocycles. The number of hydrogen-bond donors (Lipinski definition) is 0. The van der Waals surface area contributed by atoms with Gasteiger partial charge in [-0.15, -0.1) is 0 Å². The monoisotopic (exact) mass is 333 g/mol. The number of nitrogens with zero attached hydrogens (tertiary/aromatic N) is 3. The summed E-state index contributed by atoms with van der Waals surface area (Å²) in [6, 6.07) is 3.88. The van der Waals surface area contributed by atoms with Crippen LogP contribution in [0.4, 0.5) is 10.5 Å². The number of pyridine rings is 1. The average Bonchev–Trinajstić information content (AvgIpc) is 2.52. The molecule has 132 valence electrons. The molecule has 0 saturated carbocycles. The fourth-order valence-corrected chi connectivity index (χ4v) is 2.38. The zero-order valence-electron chi connectivity index (χ0n) is 15.0. The van der Waals surface area contributed by atoms with Crippen molar-refractivity contribution >= 4 is 11.8 Å². The van der Waals surface area contributed by atoms with Crippen molar-refractivity contribution in [1.29, 1.82) is 0 Å². The van der Waals surface area contributed by atoms with E-state index in [9.17, 15) is 4.79 Å². The summed E-state index contributed by atoms with van der Waals surface area (Å²) >= 11 is 0. The van der Waals surface area contributed by atoms with Crippen molar-refractivity contribution in [2.45, 2.75) is 33.3 Å². The van der Waals surface area contributed by atoms with Crippen LogP contribution >= 0.6 is 0 Å². The lowest BCUT2D eigenvalue weighted by molar-refractivity contribution is 0.0240. The zero-order valence-corrected chi connectivity index (χ0v) is 15.0. The van der Waals surface area contributed by atoms with Crippen LogP contribution < -0.4 is 9.64 Å². The summed E-state index contributed by atoms with van der Waals surface area (Å²) in [4.78, 5) is 20.4. The van der Waals surface area contributed by atoms with Crippen molar-refractivity contribution in [3.8, 4) is 5.88 Å². The third kappa shape index (κ3) is 5.15. The molecule has 24 heavy (non-hydrogen) atoms. The molecule has 2 rings (SSSR count). The number of carbonyl (C=O) groups is 1. The molecular weight excluding hydrogens is 306 g/mol. The van der Waals surface area contributed by atoms with Crippen molar-refractivity contribution in [1.82, 2.24) is 9.88 Å². The van der Waals surface area contributed by atoms with Gasteiger partial charge in [-0.1, -0.05) is 6.58 Å². The lowest BCUT2D eigenvalue weighted by Gasteiger charge is -2.37. The summed E-state index contributed by atoms with van der Waals surface area (Å²) in [5, 5.41) is 0. The lowest BCUT2D eigenvalue weighted by Crippen LogP contribution is -2.50. The van der Waals surface area contributed by atoms with Crippen LogP contribution in [0.1, 0.15) is 27.7 Å². The van der Waals surface area contributed by atoms with Crippen LogP contribution in [0.2, 0.25) is 0 Å². The van der Waals surface area contributed by atoms with E-state index in [0.717, 1.165) is 11.3 Å². The molecule has 0 spiro atoms. The Morgan fingerprint density at radius 2 is 1.96 bits per heavy atom. The van der Waals surface area contributed by atoms with E-state index in [1.807, 2.05) is 39.8 Å². The smallest absolute Gasteiger partial charge is 0.410 e. The summed E-state index contributed by atoms with van der Waals surface area (Å²) in [6.07, 6.45) is 1.46. The molecule has 1 aromatic rings. The molecule has 6 heteroatoms. The Hall–Kier alpha value is -2.24. The van der Waals surface area contributed by atoms with E-state index >= 15 is 0 Å². The first-order valence-corrected chi connectivity index (χ1v) is 8.21. The number of ether oxygens (including phenoxy) is 2. The normalized spacial score (nSPS) is 15.2. The SMILES string of the molecule is C=C(C)COc1ncccc1N1CCN(C(=O)OC(C)(C)C)CC1. The summed E-state index contributed by atoms with van der Waals surface area (Å²) < 4.78 is 11.2. The fraction of sp³-hybridized carbons (Fsp3) is 0.556. The van der Waals surface area contributed by atoms with Crippen molar-refractivity contribution in [3.63, 3.8) is 0 Å². The van der Waals surface area contributed by atoms with Gasteiger partial charge in [0, 0.05) is 32.4 Å². The summed E-state index contributed by atoms with van der Waals surface area (Å²) in [6.45, 7) is 14.5. The molecule has 1 aromatic heterocycles. The van der Waals surface area contributed by atoms with Crippen LogP contribution in [0.25, 0.3) is 0 Å². The number of rotatable bonds is 4. The molecule has 1 aliphatic rings. The van der Waals surface area contributed by atoms with Crippen LogP contribution in [0.15, 0.2) is 30.5 Å². The maximum atomic E-state index is 12.1. The highest BCUT2D eigenvalue weighted by molar-refractivity contribution is 5.69. The van der Waals surface area contributed by atoms with Gasteiger partial charge in [-0.25, -0.2) is 9.78 Å². The Balaban J connectivity index is 1.97. The van der Waals surface area contributed by atoms with Gasteiger partial charge in [-0.2, -0.15) is 0 Å². The van der Waals surface area contributed by atoms with Gasteiger partial charge in [-0.3, -0.25) is 0 Å². The van der Waals surface area contributed by atoms with Gasteiger partial charge in [-0.05, 0) is 45.4 Å². The predicted molar refractivity (Wildman–Crippen MR) is 94.6 cm³/mol. The standard InChI is InChI=1S/C18H27N3O3/c1-14(2)13-23-16-15(7-6-8-19-16)20-9-11-21(12-10-20)17(22)24-18(3,4)5/h6-8H,1,9-13H2,2-5H3. The lowest BCUT2D eigenvalue weighted by atomic mass is 10.2. The molecule has 1 amide bonds. The van der Waals surface area contributed by atoms with E-state index in [-0.39, 0.29) is 6.09 Å². The van der Waals surface area contributed by atoms with Gasteiger partial charge in [0.15, 0.2) is 0 Å². The molecule has 1 aliphatic heterocycles. The molecule has 6 nitrogen and oxygen atoms in total. The number of piperazine rings is 1. The second kappa shape index (κ2) is 7.55. The van der Waals surface area contributed by atoms with E-state index < -0.39 is 5.60 Å². The third-order valence-corrected chi connectivity index (χ3v) is 3.48. The van der Waals surface area contributed by atoms with Crippen LogP contribution in [-0.4, -0.2) is 54.4 Å². The zero-order chi connectivity index (χ0) is 17.7. The topological polar surface area (TPSA) is 54.9 Å². The molecular formula is C18H27N3O3. The highest BCUT2D eigenvalue weighted by atomic mass is 16.6. The van der Waals surface area contributed by atoms with Crippen molar-refractivity contribution in [2.75, 3.05) is 37.7 Å². The Labute approximate surface area is 144 Å². The summed E-state index contributed by atoms with van der Waals surface area (Å²) in [5.74, 6) is 0.603. The first-order valence-electron chi connectivity index (χ1n) is 8.21. The minimum Gasteiger partial charge on any atom is -0.472 e. The summed E-state index contributed by atoms with van der Waals surface area (Å²) in [7, 11) is 0. The van der Waals surface area contributed by atoms with E-state index in [2.05, 4.69) is 16.5 Å². The maximum absolute atomic E-state index is 12.1. The quantitative estimate of drug-likeness (QED) is 0.793. The van der Waals surface area contributed by atoms with E-state index in [4.69, 9.17) is 9.47 Å². The van der Waals surface area contributed by atoms with Gasteiger partial charge in [0.1, 0.15) is 12.2 Å². The number of amides is 1. The molecule has 0 atom stereocenters. The fourth-order valence-electron chi connectivity index (χ4n) is 2.38. The molecule has 1 saturated heterocycles. The number of aromatic nitrogens is 1. The second-order valence-electron chi connectivity index (χ2n) is 7.03. The van der Waals surface area contributed by atoms with Gasteiger partial charge >= 0.3 is 6.09 Å². The number of carbonyl (C=O) groups excluding carboxylic acids is 1. The van der Waals surface area contributed by atoms with Gasteiger partial charge in [0.25, 0.3) is 0 Å². The van der Waals surface area contributed by atoms with E-state index in [0.29, 0.717) is 38.7 Å².